The Morgan fingerprint density at radius 2 is 2.16 bits per heavy atom. The van der Waals surface area contributed by atoms with Crippen molar-refractivity contribution in [2.24, 2.45) is 0 Å². The number of aromatic nitrogens is 1. The molecule has 1 saturated heterocycles. The molecule has 104 valence electrons. The van der Waals surface area contributed by atoms with Crippen LogP contribution in [0.3, 0.4) is 0 Å². The Morgan fingerprint density at radius 3 is 2.89 bits per heavy atom. The average molecular weight is 284 g/mol. The SMILES string of the molecule is O=C(O)c1cc(CN2CCCS(=O)(=O)CC2)ccn1. The highest BCUT2D eigenvalue weighted by Crippen LogP contribution is 2.10. The van der Waals surface area contributed by atoms with Gasteiger partial charge in [-0.2, -0.15) is 0 Å². The number of hydrogen-bond acceptors (Lipinski definition) is 5. The number of hydrogen-bond donors (Lipinski definition) is 1. The Labute approximate surface area is 112 Å². The van der Waals surface area contributed by atoms with Crippen LogP contribution in [-0.4, -0.2) is 54.0 Å². The van der Waals surface area contributed by atoms with Crippen LogP contribution in [0.2, 0.25) is 0 Å². The summed E-state index contributed by atoms with van der Waals surface area (Å²) in [6.07, 6.45) is 2.09. The van der Waals surface area contributed by atoms with Gasteiger partial charge in [0.15, 0.2) is 9.84 Å². The van der Waals surface area contributed by atoms with E-state index in [-0.39, 0.29) is 17.2 Å². The van der Waals surface area contributed by atoms with Gasteiger partial charge in [-0.25, -0.2) is 18.2 Å². The average Bonchev–Trinajstić information content (AvgIpc) is 2.51. The molecular weight excluding hydrogens is 268 g/mol. The molecule has 2 rings (SSSR count). The van der Waals surface area contributed by atoms with Crippen molar-refractivity contribution in [1.29, 1.82) is 0 Å². The lowest BCUT2D eigenvalue weighted by atomic mass is 10.2. The molecule has 1 aromatic rings. The van der Waals surface area contributed by atoms with Gasteiger partial charge in [0.1, 0.15) is 5.69 Å². The van der Waals surface area contributed by atoms with Crippen molar-refractivity contribution in [2.75, 3.05) is 24.6 Å². The summed E-state index contributed by atoms with van der Waals surface area (Å²) in [5.41, 5.74) is 0.853. The molecule has 1 fully saturated rings. The second-order valence-electron chi connectivity index (χ2n) is 4.64. The molecule has 7 heteroatoms. The number of aromatic carboxylic acids is 1. The van der Waals surface area contributed by atoms with Gasteiger partial charge in [0.2, 0.25) is 0 Å². The van der Waals surface area contributed by atoms with Gasteiger partial charge in [-0.1, -0.05) is 0 Å². The number of carbonyl (C=O) groups is 1. The summed E-state index contributed by atoms with van der Waals surface area (Å²) in [4.78, 5) is 16.6. The molecule has 0 aromatic carbocycles. The third kappa shape index (κ3) is 4.00. The van der Waals surface area contributed by atoms with E-state index in [2.05, 4.69) is 4.98 Å². The van der Waals surface area contributed by atoms with Crippen molar-refractivity contribution in [3.63, 3.8) is 0 Å². The summed E-state index contributed by atoms with van der Waals surface area (Å²) in [6.45, 7) is 1.76. The Morgan fingerprint density at radius 1 is 1.37 bits per heavy atom. The summed E-state index contributed by atoms with van der Waals surface area (Å²) >= 11 is 0. The highest BCUT2D eigenvalue weighted by Gasteiger charge is 2.19. The van der Waals surface area contributed by atoms with Crippen molar-refractivity contribution in [3.8, 4) is 0 Å². The van der Waals surface area contributed by atoms with Gasteiger partial charge < -0.3 is 5.11 Å². The van der Waals surface area contributed by atoms with Gasteiger partial charge in [-0.3, -0.25) is 4.90 Å². The summed E-state index contributed by atoms with van der Waals surface area (Å²) in [7, 11) is -2.91. The molecule has 1 aliphatic rings. The smallest absolute Gasteiger partial charge is 0.354 e. The first-order chi connectivity index (χ1) is 8.96. The lowest BCUT2D eigenvalue weighted by molar-refractivity contribution is 0.0690. The van der Waals surface area contributed by atoms with Crippen molar-refractivity contribution >= 4 is 15.8 Å². The van der Waals surface area contributed by atoms with Crippen LogP contribution < -0.4 is 0 Å². The van der Waals surface area contributed by atoms with Crippen LogP contribution in [0.25, 0.3) is 0 Å². The summed E-state index contributed by atoms with van der Waals surface area (Å²) < 4.78 is 23.0. The topological polar surface area (TPSA) is 87.6 Å². The molecule has 0 atom stereocenters. The zero-order valence-corrected chi connectivity index (χ0v) is 11.3. The van der Waals surface area contributed by atoms with E-state index in [0.717, 1.165) is 5.56 Å². The third-order valence-electron chi connectivity index (χ3n) is 3.10. The first-order valence-electron chi connectivity index (χ1n) is 6.07. The first kappa shape index (κ1) is 14.0. The van der Waals surface area contributed by atoms with Crippen LogP contribution in [0.5, 0.6) is 0 Å². The van der Waals surface area contributed by atoms with Gasteiger partial charge in [-0.15, -0.1) is 0 Å². The first-order valence-corrected chi connectivity index (χ1v) is 7.89. The fourth-order valence-corrected chi connectivity index (χ4v) is 3.41. The van der Waals surface area contributed by atoms with Crippen LogP contribution >= 0.6 is 0 Å². The van der Waals surface area contributed by atoms with Crippen LogP contribution in [0.15, 0.2) is 18.3 Å². The van der Waals surface area contributed by atoms with E-state index in [4.69, 9.17) is 5.11 Å². The molecule has 2 heterocycles. The number of sulfone groups is 1. The number of rotatable bonds is 3. The van der Waals surface area contributed by atoms with Crippen LogP contribution in [0.4, 0.5) is 0 Å². The van der Waals surface area contributed by atoms with Crippen LogP contribution in [-0.2, 0) is 16.4 Å². The minimum absolute atomic E-state index is 0.0138. The third-order valence-corrected chi connectivity index (χ3v) is 4.81. The van der Waals surface area contributed by atoms with Crippen molar-refractivity contribution in [2.45, 2.75) is 13.0 Å². The summed E-state index contributed by atoms with van der Waals surface area (Å²) in [5, 5.41) is 8.87. The minimum atomic E-state index is -2.91. The molecule has 1 aromatic heterocycles. The molecule has 0 aliphatic carbocycles. The van der Waals surface area contributed by atoms with E-state index in [1.54, 1.807) is 6.07 Å². The van der Waals surface area contributed by atoms with Crippen LogP contribution in [0.1, 0.15) is 22.5 Å². The molecule has 0 unspecified atom stereocenters. The van der Waals surface area contributed by atoms with E-state index in [1.807, 2.05) is 4.90 Å². The number of carboxylic acid groups (broad SMARTS) is 1. The second-order valence-corrected chi connectivity index (χ2v) is 6.94. The molecule has 19 heavy (non-hydrogen) atoms. The normalized spacial score (nSPS) is 19.8. The number of pyridine rings is 1. The van der Waals surface area contributed by atoms with Gasteiger partial charge in [0, 0.05) is 19.3 Å². The number of nitrogens with zero attached hydrogens (tertiary/aromatic N) is 2. The highest BCUT2D eigenvalue weighted by atomic mass is 32.2. The Balaban J connectivity index is 2.05. The van der Waals surface area contributed by atoms with Gasteiger partial charge in [-0.05, 0) is 30.7 Å². The zero-order valence-electron chi connectivity index (χ0n) is 10.4. The largest absolute Gasteiger partial charge is 0.477 e. The molecule has 0 radical (unpaired) electrons. The molecule has 0 spiro atoms. The summed E-state index contributed by atoms with van der Waals surface area (Å²) in [6, 6.07) is 3.29. The Hall–Kier alpha value is -1.47. The Bertz CT molecular complexity index is 571. The standard InChI is InChI=1S/C12H16N2O4S/c15-12(16)11-8-10(2-3-13-11)9-14-4-1-6-19(17,18)7-5-14/h2-3,8H,1,4-7,9H2,(H,15,16). The maximum atomic E-state index is 11.5. The maximum absolute atomic E-state index is 11.5. The van der Waals surface area contributed by atoms with E-state index >= 15 is 0 Å². The maximum Gasteiger partial charge on any atom is 0.354 e. The van der Waals surface area contributed by atoms with Gasteiger partial charge >= 0.3 is 5.97 Å². The van der Waals surface area contributed by atoms with E-state index in [9.17, 15) is 13.2 Å². The fourth-order valence-electron chi connectivity index (χ4n) is 2.10. The van der Waals surface area contributed by atoms with Crippen LogP contribution in [0, 0.1) is 0 Å². The molecule has 0 amide bonds. The predicted molar refractivity (Wildman–Crippen MR) is 69.7 cm³/mol. The molecule has 1 aliphatic heterocycles. The molecule has 6 nitrogen and oxygen atoms in total. The molecule has 1 N–H and O–H groups in total. The van der Waals surface area contributed by atoms with Crippen molar-refractivity contribution in [1.82, 2.24) is 9.88 Å². The van der Waals surface area contributed by atoms with Gasteiger partial charge in [0.25, 0.3) is 0 Å². The predicted octanol–water partition coefficient (Wildman–Crippen LogP) is 0.400. The van der Waals surface area contributed by atoms with E-state index in [1.165, 1.54) is 12.3 Å². The molecule has 0 saturated carbocycles. The summed E-state index contributed by atoms with van der Waals surface area (Å²) in [5.74, 6) is -0.648. The highest BCUT2D eigenvalue weighted by molar-refractivity contribution is 7.91. The molecule has 0 bridgehead atoms. The lowest BCUT2D eigenvalue weighted by Gasteiger charge is -2.19. The van der Waals surface area contributed by atoms with Gasteiger partial charge in [0.05, 0.1) is 11.5 Å². The van der Waals surface area contributed by atoms with E-state index < -0.39 is 15.8 Å². The second kappa shape index (κ2) is 5.66. The van der Waals surface area contributed by atoms with Crippen molar-refractivity contribution in [3.05, 3.63) is 29.6 Å². The lowest BCUT2D eigenvalue weighted by Crippen LogP contribution is -2.26. The Kier molecular flexibility index (Phi) is 4.16. The number of carboxylic acids is 1. The quantitative estimate of drug-likeness (QED) is 0.864. The zero-order chi connectivity index (χ0) is 13.9. The van der Waals surface area contributed by atoms with E-state index in [0.29, 0.717) is 26.1 Å². The fraction of sp³-hybridized carbons (Fsp3) is 0.500. The minimum Gasteiger partial charge on any atom is -0.477 e. The molecular formula is C12H16N2O4S. The monoisotopic (exact) mass is 284 g/mol. The van der Waals surface area contributed by atoms with Crippen molar-refractivity contribution < 1.29 is 18.3 Å².